The van der Waals surface area contributed by atoms with Crippen LogP contribution < -0.4 is 14.8 Å². The Morgan fingerprint density at radius 3 is 2.52 bits per heavy atom. The molecule has 8 heteroatoms. The SMILES string of the molecule is COc1ccc(/C=C/C(=O)Nc2ccc(OC(F)F)c(Cl)c2)cc1F. The standard InChI is InChI=1S/C17H13ClF3NO3/c1-24-15-5-2-10(8-13(15)19)3-7-16(23)22-11-4-6-14(12(18)9-11)25-17(20)21/h2-9,17H,1H3,(H,22,23)/b7-3+. The molecule has 2 rings (SSSR count). The van der Waals surface area contributed by atoms with Gasteiger partial charge in [-0.15, -0.1) is 0 Å². The van der Waals surface area contributed by atoms with Gasteiger partial charge in [-0.3, -0.25) is 4.79 Å². The first-order chi connectivity index (χ1) is 11.9. The number of hydrogen-bond donors (Lipinski definition) is 1. The molecule has 1 amide bonds. The third-order valence-electron chi connectivity index (χ3n) is 3.02. The van der Waals surface area contributed by atoms with Gasteiger partial charge in [0.2, 0.25) is 5.91 Å². The van der Waals surface area contributed by atoms with Gasteiger partial charge in [-0.05, 0) is 42.0 Å². The van der Waals surface area contributed by atoms with Gasteiger partial charge in [0.05, 0.1) is 12.1 Å². The average Bonchev–Trinajstić information content (AvgIpc) is 2.55. The molecule has 0 unspecified atom stereocenters. The lowest BCUT2D eigenvalue weighted by Gasteiger charge is -2.08. The summed E-state index contributed by atoms with van der Waals surface area (Å²) in [5, 5.41) is 2.43. The monoisotopic (exact) mass is 371 g/mol. The number of carbonyl (C=O) groups excluding carboxylic acids is 1. The lowest BCUT2D eigenvalue weighted by molar-refractivity contribution is -0.111. The topological polar surface area (TPSA) is 47.6 Å². The zero-order chi connectivity index (χ0) is 18.4. The molecule has 0 bridgehead atoms. The van der Waals surface area contributed by atoms with Crippen molar-refractivity contribution in [3.8, 4) is 11.5 Å². The quantitative estimate of drug-likeness (QED) is 0.746. The Bertz CT molecular complexity index is 797. The van der Waals surface area contributed by atoms with Crippen LogP contribution in [0, 0.1) is 5.82 Å². The van der Waals surface area contributed by atoms with Crippen molar-refractivity contribution < 1.29 is 27.4 Å². The van der Waals surface area contributed by atoms with Crippen molar-refractivity contribution in [2.24, 2.45) is 0 Å². The van der Waals surface area contributed by atoms with Gasteiger partial charge in [-0.1, -0.05) is 17.7 Å². The van der Waals surface area contributed by atoms with E-state index in [0.717, 1.165) is 0 Å². The smallest absolute Gasteiger partial charge is 0.387 e. The summed E-state index contributed by atoms with van der Waals surface area (Å²) in [4.78, 5) is 11.9. The molecule has 2 aromatic rings. The second-order valence-corrected chi connectivity index (χ2v) is 5.15. The number of benzene rings is 2. The normalized spacial score (nSPS) is 11.0. The first-order valence-corrected chi connectivity index (χ1v) is 7.34. The van der Waals surface area contributed by atoms with Gasteiger partial charge in [0.25, 0.3) is 0 Å². The molecule has 0 saturated carbocycles. The van der Waals surface area contributed by atoms with E-state index >= 15 is 0 Å². The second-order valence-electron chi connectivity index (χ2n) is 4.74. The maximum atomic E-state index is 13.6. The summed E-state index contributed by atoms with van der Waals surface area (Å²) in [6, 6.07) is 8.09. The van der Waals surface area contributed by atoms with Crippen LogP contribution >= 0.6 is 11.6 Å². The van der Waals surface area contributed by atoms with Crippen LogP contribution in [-0.4, -0.2) is 19.6 Å². The van der Waals surface area contributed by atoms with Gasteiger partial charge in [0.15, 0.2) is 11.6 Å². The third kappa shape index (κ3) is 5.42. The van der Waals surface area contributed by atoms with E-state index in [9.17, 15) is 18.0 Å². The Hall–Kier alpha value is -2.67. The predicted molar refractivity (Wildman–Crippen MR) is 88.7 cm³/mol. The summed E-state index contributed by atoms with van der Waals surface area (Å²) >= 11 is 5.79. The van der Waals surface area contributed by atoms with Crippen molar-refractivity contribution in [1.82, 2.24) is 0 Å². The lowest BCUT2D eigenvalue weighted by atomic mass is 10.2. The van der Waals surface area contributed by atoms with Crippen molar-refractivity contribution in [3.05, 3.63) is 58.9 Å². The zero-order valence-electron chi connectivity index (χ0n) is 12.9. The molecule has 0 radical (unpaired) electrons. The fourth-order valence-electron chi connectivity index (χ4n) is 1.91. The van der Waals surface area contributed by atoms with Crippen molar-refractivity contribution in [2.45, 2.75) is 6.61 Å². The Labute approximate surface area is 146 Å². The molecular weight excluding hydrogens is 359 g/mol. The number of alkyl halides is 2. The number of anilines is 1. The molecule has 0 atom stereocenters. The molecule has 0 aliphatic rings. The van der Waals surface area contributed by atoms with Gasteiger partial charge < -0.3 is 14.8 Å². The van der Waals surface area contributed by atoms with Gasteiger partial charge in [0.1, 0.15) is 5.75 Å². The molecule has 0 saturated heterocycles. The minimum absolute atomic E-state index is 0.0701. The van der Waals surface area contributed by atoms with Gasteiger partial charge in [-0.2, -0.15) is 8.78 Å². The van der Waals surface area contributed by atoms with Gasteiger partial charge >= 0.3 is 6.61 Å². The molecule has 0 aliphatic carbocycles. The number of methoxy groups -OCH3 is 1. The second kappa shape index (κ2) is 8.43. The molecule has 2 aromatic carbocycles. The molecule has 25 heavy (non-hydrogen) atoms. The Balaban J connectivity index is 2.02. The molecule has 0 fully saturated rings. The van der Waals surface area contributed by atoms with Crippen molar-refractivity contribution in [1.29, 1.82) is 0 Å². The summed E-state index contributed by atoms with van der Waals surface area (Å²) in [5.74, 6) is -1.15. The maximum Gasteiger partial charge on any atom is 0.387 e. The highest BCUT2D eigenvalue weighted by Gasteiger charge is 2.09. The van der Waals surface area contributed by atoms with Gasteiger partial charge in [0, 0.05) is 11.8 Å². The van der Waals surface area contributed by atoms with E-state index in [1.807, 2.05) is 0 Å². The molecule has 0 aromatic heterocycles. The van der Waals surface area contributed by atoms with Crippen LogP contribution in [0.2, 0.25) is 5.02 Å². The van der Waals surface area contributed by atoms with E-state index in [1.54, 1.807) is 6.07 Å². The van der Waals surface area contributed by atoms with E-state index in [1.165, 1.54) is 49.6 Å². The van der Waals surface area contributed by atoms with Crippen molar-refractivity contribution in [3.63, 3.8) is 0 Å². The van der Waals surface area contributed by atoms with Crippen LogP contribution in [0.3, 0.4) is 0 Å². The molecule has 132 valence electrons. The van der Waals surface area contributed by atoms with Gasteiger partial charge in [-0.25, -0.2) is 4.39 Å². The largest absolute Gasteiger partial charge is 0.494 e. The van der Waals surface area contributed by atoms with E-state index in [2.05, 4.69) is 10.1 Å². The fraction of sp³-hybridized carbons (Fsp3) is 0.118. The highest BCUT2D eigenvalue weighted by Crippen LogP contribution is 2.29. The highest BCUT2D eigenvalue weighted by molar-refractivity contribution is 6.32. The average molecular weight is 372 g/mol. The Morgan fingerprint density at radius 1 is 1.20 bits per heavy atom. The summed E-state index contributed by atoms with van der Waals surface area (Å²) in [7, 11) is 1.35. The Kier molecular flexibility index (Phi) is 6.30. The summed E-state index contributed by atoms with van der Waals surface area (Å²) in [5.41, 5.74) is 0.759. The van der Waals surface area contributed by atoms with Crippen LogP contribution in [0.15, 0.2) is 42.5 Å². The van der Waals surface area contributed by atoms with Crippen LogP contribution in [0.1, 0.15) is 5.56 Å². The van der Waals surface area contributed by atoms with Crippen LogP contribution in [0.4, 0.5) is 18.9 Å². The molecule has 4 nitrogen and oxygen atoms in total. The molecular formula is C17H13ClF3NO3. The van der Waals surface area contributed by atoms with Crippen molar-refractivity contribution in [2.75, 3.05) is 12.4 Å². The van der Waals surface area contributed by atoms with E-state index in [4.69, 9.17) is 16.3 Å². The van der Waals surface area contributed by atoms with Crippen LogP contribution in [-0.2, 0) is 4.79 Å². The first kappa shape index (κ1) is 18.7. The summed E-state index contributed by atoms with van der Waals surface area (Å²) in [6.07, 6.45) is 2.60. The Morgan fingerprint density at radius 2 is 1.92 bits per heavy atom. The number of rotatable bonds is 6. The maximum absolute atomic E-state index is 13.6. The summed E-state index contributed by atoms with van der Waals surface area (Å²) < 4.78 is 46.9. The minimum atomic E-state index is -2.99. The van der Waals surface area contributed by atoms with Crippen molar-refractivity contribution >= 4 is 29.3 Å². The lowest BCUT2D eigenvalue weighted by Crippen LogP contribution is -2.08. The minimum Gasteiger partial charge on any atom is -0.494 e. The number of ether oxygens (including phenoxy) is 2. The third-order valence-corrected chi connectivity index (χ3v) is 3.31. The molecule has 0 heterocycles. The predicted octanol–water partition coefficient (Wildman–Crippen LogP) is 4.74. The number of halogens is 4. The molecule has 1 N–H and O–H groups in total. The number of amides is 1. The van der Waals surface area contributed by atoms with Crippen LogP contribution in [0.25, 0.3) is 6.08 Å². The van der Waals surface area contributed by atoms with E-state index in [0.29, 0.717) is 11.3 Å². The molecule has 0 aliphatic heterocycles. The fourth-order valence-corrected chi connectivity index (χ4v) is 2.14. The number of nitrogens with one attached hydrogen (secondary N) is 1. The highest BCUT2D eigenvalue weighted by atomic mass is 35.5. The number of hydrogen-bond acceptors (Lipinski definition) is 3. The first-order valence-electron chi connectivity index (χ1n) is 6.96. The number of carbonyl (C=O) groups is 1. The van der Waals surface area contributed by atoms with E-state index in [-0.39, 0.29) is 16.5 Å². The van der Waals surface area contributed by atoms with Crippen LogP contribution in [0.5, 0.6) is 11.5 Å². The molecule has 0 spiro atoms. The summed E-state index contributed by atoms with van der Waals surface area (Å²) in [6.45, 7) is -2.99. The van der Waals surface area contributed by atoms with E-state index < -0.39 is 18.3 Å². The zero-order valence-corrected chi connectivity index (χ0v) is 13.7.